The monoisotopic (exact) mass is 560 g/mol. The second-order valence-electron chi connectivity index (χ2n) is 8.89. The molecule has 2 rings (SSSR count). The van der Waals surface area contributed by atoms with Crippen LogP contribution in [0.5, 0.6) is 0 Å². The van der Waals surface area contributed by atoms with Gasteiger partial charge in [-0.25, -0.2) is 10.5 Å². The van der Waals surface area contributed by atoms with Crippen molar-refractivity contribution in [3.05, 3.63) is 0 Å². The van der Waals surface area contributed by atoms with Gasteiger partial charge in [-0.1, -0.05) is 0 Å². The molecule has 36 heavy (non-hydrogen) atoms. The van der Waals surface area contributed by atoms with Crippen LogP contribution in [-0.2, 0) is 28.1 Å². The molecule has 2 saturated heterocycles. The molecule has 0 radical (unpaired) electrons. The lowest BCUT2D eigenvalue weighted by atomic mass is 9.97. The molecule has 4 atom stereocenters. The Morgan fingerprint density at radius 3 is 1.50 bits per heavy atom. The third kappa shape index (κ3) is 12.9. The molecule has 14 nitrogen and oxygen atoms in total. The van der Waals surface area contributed by atoms with E-state index in [0.29, 0.717) is 58.2 Å². The third-order valence-corrected chi connectivity index (χ3v) is 8.22. The average molecular weight is 560 g/mol. The minimum absolute atomic E-state index is 0.219. The van der Waals surface area contributed by atoms with Crippen molar-refractivity contribution in [2.45, 2.75) is 63.1 Å². The number of carboxylic acids is 2. The Balaban J connectivity index is 0.000000362. The molecule has 0 aromatic heterocycles. The summed E-state index contributed by atoms with van der Waals surface area (Å²) in [5.41, 5.74) is 0. The summed E-state index contributed by atoms with van der Waals surface area (Å²) in [6, 6.07) is 0. The smallest absolute Gasteiger partial charge is 0.481 e. The number of carboxylic acid groups (broad SMARTS) is 2. The minimum atomic E-state index is -2.45. The van der Waals surface area contributed by atoms with Crippen LogP contribution in [0.2, 0.25) is 0 Å². The van der Waals surface area contributed by atoms with Crippen molar-refractivity contribution in [2.75, 3.05) is 39.3 Å². The average Bonchev–Trinajstić information content (AvgIpc) is 2.89. The van der Waals surface area contributed by atoms with Gasteiger partial charge in [0.15, 0.2) is 0 Å². The number of hydrogen-bond acceptors (Lipinski definition) is 12. The van der Waals surface area contributed by atoms with Gasteiger partial charge in [-0.2, -0.15) is 0 Å². The number of piperidine rings is 2. The molecule has 2 fully saturated rings. The predicted octanol–water partition coefficient (Wildman–Crippen LogP) is 2.23. The predicted molar refractivity (Wildman–Crippen MR) is 127 cm³/mol. The van der Waals surface area contributed by atoms with Crippen molar-refractivity contribution in [1.29, 1.82) is 0 Å². The van der Waals surface area contributed by atoms with Crippen LogP contribution >= 0.6 is 16.1 Å². The Hall–Kier alpha value is -1.18. The van der Waals surface area contributed by atoms with E-state index in [1.165, 1.54) is 0 Å². The summed E-state index contributed by atoms with van der Waals surface area (Å²) in [7, 11) is -4.85. The summed E-state index contributed by atoms with van der Waals surface area (Å²) in [5, 5.41) is 52.5. The van der Waals surface area contributed by atoms with Gasteiger partial charge in [0.1, 0.15) is 0 Å². The second-order valence-corrected chi connectivity index (χ2v) is 11.5. The second kappa shape index (κ2) is 18.1. The standard InChI is InChI=1S/C11H20NO6P.C9H16NO6P/c13-10(19(17)18-16)3-1-2-6-12-7-4-9(5-8-12)11(14)15;11-8(17(15)16-14)3-6-10-4-1-7(2-5-10)9(12)13/h9-10,13H,1-8H2,(H-,14,15,16);7-8,11H,1-6H2,(H-,12,13,14)/p+2. The van der Waals surface area contributed by atoms with Crippen LogP contribution in [0, 0.1) is 11.8 Å². The molecule has 208 valence electrons. The summed E-state index contributed by atoms with van der Waals surface area (Å²) in [5.74, 6) is -4.29. The molecule has 4 unspecified atom stereocenters. The van der Waals surface area contributed by atoms with Crippen LogP contribution in [0.1, 0.15) is 51.4 Å². The molecule has 2 aliphatic heterocycles. The number of rotatable bonds is 14. The molecule has 2 heterocycles. The molecular formula is C20H38N2O12P2+2. The molecule has 0 bridgehead atoms. The van der Waals surface area contributed by atoms with E-state index in [4.69, 9.17) is 20.7 Å². The fraction of sp³-hybridized carbons (Fsp3) is 0.900. The number of nitrogens with zero attached hydrogens (tertiary/aromatic N) is 2. The Morgan fingerprint density at radius 1 is 0.722 bits per heavy atom. The zero-order valence-electron chi connectivity index (χ0n) is 20.1. The van der Waals surface area contributed by atoms with Crippen LogP contribution in [0.25, 0.3) is 0 Å². The highest BCUT2D eigenvalue weighted by Crippen LogP contribution is 2.30. The summed E-state index contributed by atoms with van der Waals surface area (Å²) < 4.78 is 28.9. The number of aliphatic hydroxyl groups is 2. The molecule has 0 amide bonds. The van der Waals surface area contributed by atoms with E-state index in [-0.39, 0.29) is 18.3 Å². The first-order valence-electron chi connectivity index (χ1n) is 11.9. The van der Waals surface area contributed by atoms with E-state index in [9.17, 15) is 28.9 Å². The molecule has 0 aliphatic carbocycles. The van der Waals surface area contributed by atoms with E-state index in [0.717, 1.165) is 26.1 Å². The van der Waals surface area contributed by atoms with E-state index >= 15 is 0 Å². The number of hydrogen-bond donors (Lipinski definition) is 6. The Kier molecular flexibility index (Phi) is 16.5. The van der Waals surface area contributed by atoms with Crippen LogP contribution in [-0.4, -0.2) is 104 Å². The maximum Gasteiger partial charge on any atom is 0.571 e. The zero-order chi connectivity index (χ0) is 27.1. The SMILES string of the molecule is O=C(O)C1CCN(CCC(O)[P+](=O)OO)CC1.O=C(O)C1CCN(CCCCC(O)[P+](=O)OO)CC1. The Bertz CT molecular complexity index is 700. The van der Waals surface area contributed by atoms with Crippen molar-refractivity contribution in [3.8, 4) is 0 Å². The summed E-state index contributed by atoms with van der Waals surface area (Å²) in [6.45, 7) is 4.23. The van der Waals surface area contributed by atoms with Gasteiger partial charge >= 0.3 is 28.0 Å². The first-order valence-corrected chi connectivity index (χ1v) is 14.4. The lowest BCUT2D eigenvalue weighted by molar-refractivity contribution is -0.144. The highest BCUT2D eigenvalue weighted by Gasteiger charge is 2.32. The molecule has 2 aliphatic rings. The van der Waals surface area contributed by atoms with Crippen LogP contribution < -0.4 is 0 Å². The van der Waals surface area contributed by atoms with Crippen LogP contribution in [0.3, 0.4) is 0 Å². The molecule has 6 N–H and O–H groups in total. The van der Waals surface area contributed by atoms with Crippen molar-refractivity contribution >= 4 is 28.0 Å². The van der Waals surface area contributed by atoms with E-state index < -0.39 is 39.7 Å². The molecule has 16 heteroatoms. The fourth-order valence-electron chi connectivity index (χ4n) is 4.09. The van der Waals surface area contributed by atoms with Gasteiger partial charge in [-0.15, -0.1) is 0 Å². The van der Waals surface area contributed by atoms with Crippen LogP contribution in [0.15, 0.2) is 0 Å². The number of unbranched alkanes of at least 4 members (excludes halogenated alkanes) is 1. The number of aliphatic carboxylic acids is 2. The lowest BCUT2D eigenvalue weighted by Crippen LogP contribution is -2.37. The highest BCUT2D eigenvalue weighted by atomic mass is 31.1. The topological polar surface area (TPSA) is 215 Å². The lowest BCUT2D eigenvalue weighted by Gasteiger charge is -2.29. The van der Waals surface area contributed by atoms with Crippen molar-refractivity contribution in [3.63, 3.8) is 0 Å². The minimum Gasteiger partial charge on any atom is -0.481 e. The Morgan fingerprint density at radius 2 is 1.11 bits per heavy atom. The maximum atomic E-state index is 10.9. The fourth-order valence-corrected chi connectivity index (χ4v) is 5.02. The summed E-state index contributed by atoms with van der Waals surface area (Å²) >= 11 is 0. The molecule has 0 aromatic rings. The number of carbonyl (C=O) groups is 2. The van der Waals surface area contributed by atoms with E-state index in [2.05, 4.69) is 14.2 Å². The van der Waals surface area contributed by atoms with Crippen molar-refractivity contribution < 1.29 is 59.0 Å². The van der Waals surface area contributed by atoms with Crippen LogP contribution in [0.4, 0.5) is 0 Å². The van der Waals surface area contributed by atoms with E-state index in [1.54, 1.807) is 0 Å². The molecular weight excluding hydrogens is 522 g/mol. The zero-order valence-corrected chi connectivity index (χ0v) is 21.9. The van der Waals surface area contributed by atoms with Gasteiger partial charge in [0.05, 0.1) is 11.8 Å². The van der Waals surface area contributed by atoms with Gasteiger partial charge in [0, 0.05) is 28.7 Å². The number of aliphatic hydroxyl groups excluding tert-OH is 2. The third-order valence-electron chi connectivity index (χ3n) is 6.41. The molecule has 0 aromatic carbocycles. The summed E-state index contributed by atoms with van der Waals surface area (Å²) in [6.07, 6.45) is 4.62. The summed E-state index contributed by atoms with van der Waals surface area (Å²) in [4.78, 5) is 25.7. The van der Waals surface area contributed by atoms with Gasteiger partial charge in [-0.05, 0) is 80.4 Å². The van der Waals surface area contributed by atoms with Crippen molar-refractivity contribution in [1.82, 2.24) is 9.80 Å². The van der Waals surface area contributed by atoms with Gasteiger partial charge in [0.25, 0.3) is 11.7 Å². The van der Waals surface area contributed by atoms with E-state index in [1.807, 2.05) is 4.90 Å². The molecule has 0 saturated carbocycles. The van der Waals surface area contributed by atoms with Gasteiger partial charge in [0.2, 0.25) is 0 Å². The highest BCUT2D eigenvalue weighted by molar-refractivity contribution is 7.39. The van der Waals surface area contributed by atoms with Gasteiger partial charge < -0.3 is 30.2 Å². The largest absolute Gasteiger partial charge is 0.571 e. The van der Waals surface area contributed by atoms with Gasteiger partial charge in [-0.3, -0.25) is 9.59 Å². The normalized spacial score (nSPS) is 20.7. The first-order chi connectivity index (χ1) is 17.1. The Labute approximate surface area is 211 Å². The quantitative estimate of drug-likeness (QED) is 0.0778. The number of likely N-dealkylation sites (tertiary alicyclic amines) is 2. The molecule has 0 spiro atoms. The first kappa shape index (κ1) is 32.8. The van der Waals surface area contributed by atoms with Crippen molar-refractivity contribution in [2.24, 2.45) is 11.8 Å². The maximum absolute atomic E-state index is 10.9.